The summed E-state index contributed by atoms with van der Waals surface area (Å²) in [5, 5.41) is 2.60. The van der Waals surface area contributed by atoms with Crippen LogP contribution in [0.3, 0.4) is 0 Å². The number of nitrogens with one attached hydrogen (secondary N) is 1. The molecule has 0 bridgehead atoms. The zero-order valence-electron chi connectivity index (χ0n) is 27.1. The highest BCUT2D eigenvalue weighted by atomic mass is 16.8. The first kappa shape index (κ1) is 39.1. The summed E-state index contributed by atoms with van der Waals surface area (Å²) in [6.07, 6.45) is -12.0. The normalized spacial score (nSPS) is 30.1. The van der Waals surface area contributed by atoms with Gasteiger partial charge in [-0.05, 0) is 0 Å². The van der Waals surface area contributed by atoms with Crippen molar-refractivity contribution in [3.8, 4) is 0 Å². The van der Waals surface area contributed by atoms with Crippen LogP contribution in [0.4, 0.5) is 0 Å². The second kappa shape index (κ2) is 18.3. The Labute approximate surface area is 270 Å². The quantitative estimate of drug-likeness (QED) is 0.138. The highest BCUT2D eigenvalue weighted by Crippen LogP contribution is 2.34. The van der Waals surface area contributed by atoms with Gasteiger partial charge in [0.15, 0.2) is 37.0 Å². The number of hydrogen-bond acceptors (Lipinski definition) is 17. The molecule has 2 aliphatic heterocycles. The summed E-state index contributed by atoms with van der Waals surface area (Å²) in [4.78, 5) is 84.7. The number of amides is 1. The number of esters is 6. The first-order valence-corrected chi connectivity index (χ1v) is 14.5. The molecule has 264 valence electrons. The third-order valence-electron chi connectivity index (χ3n) is 6.39. The van der Waals surface area contributed by atoms with Crippen LogP contribution in [0.15, 0.2) is 12.7 Å². The zero-order valence-corrected chi connectivity index (χ0v) is 27.1. The molecule has 18 heteroatoms. The van der Waals surface area contributed by atoms with Crippen molar-refractivity contribution in [2.45, 2.75) is 110 Å². The van der Waals surface area contributed by atoms with E-state index in [9.17, 15) is 33.6 Å². The van der Waals surface area contributed by atoms with Crippen molar-refractivity contribution >= 4 is 41.7 Å². The van der Waals surface area contributed by atoms with E-state index in [1.54, 1.807) is 0 Å². The van der Waals surface area contributed by atoms with Crippen molar-refractivity contribution in [3.63, 3.8) is 0 Å². The Morgan fingerprint density at radius 1 is 0.596 bits per heavy atom. The molecule has 18 nitrogen and oxygen atoms in total. The lowest BCUT2D eigenvalue weighted by atomic mass is 9.94. The van der Waals surface area contributed by atoms with Gasteiger partial charge in [-0.3, -0.25) is 33.6 Å². The van der Waals surface area contributed by atoms with Gasteiger partial charge >= 0.3 is 35.8 Å². The first-order chi connectivity index (χ1) is 22.0. The molecule has 2 heterocycles. The monoisotopic (exact) mass is 675 g/mol. The van der Waals surface area contributed by atoms with Gasteiger partial charge in [-0.15, -0.1) is 6.58 Å². The maximum absolute atomic E-state index is 12.4. The summed E-state index contributed by atoms with van der Waals surface area (Å²) >= 11 is 0. The van der Waals surface area contributed by atoms with Gasteiger partial charge in [-0.25, -0.2) is 0 Å². The number of rotatable bonds is 14. The van der Waals surface area contributed by atoms with Crippen molar-refractivity contribution in [2.24, 2.45) is 0 Å². The minimum absolute atomic E-state index is 0.0704. The van der Waals surface area contributed by atoms with Gasteiger partial charge in [0.05, 0.1) is 6.61 Å². The fraction of sp³-hybridized carbons (Fsp3) is 0.690. The molecule has 0 aromatic heterocycles. The average molecular weight is 676 g/mol. The van der Waals surface area contributed by atoms with E-state index in [0.717, 1.165) is 41.5 Å². The molecule has 1 N–H and O–H groups in total. The van der Waals surface area contributed by atoms with E-state index in [1.165, 1.54) is 13.0 Å². The average Bonchev–Trinajstić information content (AvgIpc) is 2.94. The van der Waals surface area contributed by atoms with Crippen molar-refractivity contribution in [1.29, 1.82) is 0 Å². The summed E-state index contributed by atoms with van der Waals surface area (Å²) in [7, 11) is 0. The number of hydrogen-bond donors (Lipinski definition) is 1. The Morgan fingerprint density at radius 3 is 1.51 bits per heavy atom. The summed E-state index contributed by atoms with van der Waals surface area (Å²) in [5.74, 6) is -5.47. The lowest BCUT2D eigenvalue weighted by Crippen LogP contribution is -2.69. The molecule has 2 aliphatic rings. The molecule has 1 amide bonds. The molecule has 0 unspecified atom stereocenters. The molecule has 0 aliphatic carbocycles. The van der Waals surface area contributed by atoms with Crippen LogP contribution >= 0.6 is 0 Å². The van der Waals surface area contributed by atoms with Crippen LogP contribution in [0.2, 0.25) is 0 Å². The molecule has 2 fully saturated rings. The first-order valence-electron chi connectivity index (χ1n) is 14.5. The molecule has 0 radical (unpaired) electrons. The molecular formula is C29H41NO17. The predicted octanol–water partition coefficient (Wildman–Crippen LogP) is -0.618. The fourth-order valence-corrected chi connectivity index (χ4v) is 4.88. The van der Waals surface area contributed by atoms with Gasteiger partial charge in [-0.1, -0.05) is 6.08 Å². The van der Waals surface area contributed by atoms with Crippen LogP contribution < -0.4 is 5.32 Å². The van der Waals surface area contributed by atoms with E-state index in [-0.39, 0.29) is 6.61 Å². The van der Waals surface area contributed by atoms with Gasteiger partial charge < -0.3 is 52.7 Å². The van der Waals surface area contributed by atoms with E-state index >= 15 is 0 Å². The Balaban J connectivity index is 2.72. The molecule has 0 aromatic carbocycles. The molecule has 2 rings (SSSR count). The SMILES string of the molecule is C=CCO[C@H]1O[C@H](COC(C)=O)[C@@H](O[C@@H]2O[C@H](COC(C)=O)[C@H](OC(C)=O)[C@H](OC(C)=O)[C@H]2OC(C)=O)[C@H](OC(C)=O)[C@H]1NC(C)=O. The largest absolute Gasteiger partial charge is 0.463 e. The fourth-order valence-electron chi connectivity index (χ4n) is 4.88. The van der Waals surface area contributed by atoms with Crippen LogP contribution in [0.25, 0.3) is 0 Å². The van der Waals surface area contributed by atoms with E-state index in [4.69, 9.17) is 47.4 Å². The maximum atomic E-state index is 12.4. The second-order valence-corrected chi connectivity index (χ2v) is 10.4. The van der Waals surface area contributed by atoms with Crippen molar-refractivity contribution < 1.29 is 80.9 Å². The minimum Gasteiger partial charge on any atom is -0.463 e. The molecule has 2 saturated heterocycles. The third kappa shape index (κ3) is 12.2. The van der Waals surface area contributed by atoms with Gasteiger partial charge in [-0.2, -0.15) is 0 Å². The lowest BCUT2D eigenvalue weighted by molar-refractivity contribution is -0.349. The predicted molar refractivity (Wildman–Crippen MR) is 151 cm³/mol. The highest BCUT2D eigenvalue weighted by Gasteiger charge is 2.57. The van der Waals surface area contributed by atoms with E-state index in [2.05, 4.69) is 11.9 Å². The topological polar surface area (TPSA) is 224 Å². The Hall–Kier alpha value is -4.13. The minimum atomic E-state index is -1.74. The van der Waals surface area contributed by atoms with Crippen molar-refractivity contribution in [1.82, 2.24) is 5.32 Å². The Kier molecular flexibility index (Phi) is 15.2. The van der Waals surface area contributed by atoms with Crippen LogP contribution in [0.5, 0.6) is 0 Å². The van der Waals surface area contributed by atoms with Gasteiger partial charge in [0.25, 0.3) is 0 Å². The number of carbonyl (C=O) groups excluding carboxylic acids is 7. The van der Waals surface area contributed by atoms with Gasteiger partial charge in [0.2, 0.25) is 5.91 Å². The molecule has 10 atom stereocenters. The Morgan fingerprint density at radius 2 is 1.04 bits per heavy atom. The number of carbonyl (C=O) groups is 7. The van der Waals surface area contributed by atoms with Crippen LogP contribution in [-0.4, -0.2) is 123 Å². The summed E-state index contributed by atoms with van der Waals surface area (Å²) < 4.78 is 56.2. The smallest absolute Gasteiger partial charge is 0.303 e. The molecule has 47 heavy (non-hydrogen) atoms. The zero-order chi connectivity index (χ0) is 35.4. The standard InChI is InChI=1S/C29H41NO17/c1-9-10-38-28-22(30-13(2)31)25(42-17(6)35)23(20(45-28)11-39-14(3)32)47-29-27(44-19(8)37)26(43-18(7)36)24(41-16(5)34)21(46-29)12-40-15(4)33/h9,20-29H,1,10-12H2,2-8H3,(H,30,31)/t20-,21-,22-,23-,24+,25-,26+,27-,28+,29+/m1/s1. The summed E-state index contributed by atoms with van der Waals surface area (Å²) in [6.45, 7) is 10.1. The molecule has 0 aromatic rings. The van der Waals surface area contributed by atoms with E-state index in [1.807, 2.05) is 0 Å². The maximum Gasteiger partial charge on any atom is 0.303 e. The number of ether oxygens (including phenoxy) is 10. The highest BCUT2D eigenvalue weighted by molar-refractivity contribution is 5.73. The van der Waals surface area contributed by atoms with Crippen molar-refractivity contribution in [2.75, 3.05) is 19.8 Å². The molecule has 0 spiro atoms. The van der Waals surface area contributed by atoms with Gasteiger partial charge in [0.1, 0.15) is 37.6 Å². The van der Waals surface area contributed by atoms with Gasteiger partial charge in [0, 0.05) is 48.5 Å². The van der Waals surface area contributed by atoms with Crippen LogP contribution in [0, 0.1) is 0 Å². The molecular weight excluding hydrogens is 634 g/mol. The van der Waals surface area contributed by atoms with Crippen LogP contribution in [0.1, 0.15) is 48.5 Å². The van der Waals surface area contributed by atoms with Crippen molar-refractivity contribution in [3.05, 3.63) is 12.7 Å². The lowest BCUT2D eigenvalue weighted by Gasteiger charge is -2.49. The van der Waals surface area contributed by atoms with E-state index < -0.39 is 116 Å². The summed E-state index contributed by atoms with van der Waals surface area (Å²) in [5.41, 5.74) is 0. The Bertz CT molecular complexity index is 1170. The summed E-state index contributed by atoms with van der Waals surface area (Å²) in [6, 6.07) is -1.24. The second-order valence-electron chi connectivity index (χ2n) is 10.4. The van der Waals surface area contributed by atoms with Crippen LogP contribution in [-0.2, 0) is 80.9 Å². The van der Waals surface area contributed by atoms with E-state index in [0.29, 0.717) is 0 Å². The molecule has 0 saturated carbocycles. The third-order valence-corrected chi connectivity index (χ3v) is 6.39.